The number of thiocarbonyl (C=S) groups is 2. The van der Waals surface area contributed by atoms with Crippen LogP contribution in [-0.2, 0) is 12.4 Å². The highest BCUT2D eigenvalue weighted by molar-refractivity contribution is 7.80. The Kier molecular flexibility index (Phi) is 9.02. The quantitative estimate of drug-likeness (QED) is 0.246. The maximum absolute atomic E-state index is 13.0. The first-order valence-corrected chi connectivity index (χ1v) is 10.6. The van der Waals surface area contributed by atoms with Crippen molar-refractivity contribution < 1.29 is 26.3 Å². The highest BCUT2D eigenvalue weighted by Gasteiger charge is 2.34. The van der Waals surface area contributed by atoms with Gasteiger partial charge >= 0.3 is 12.4 Å². The van der Waals surface area contributed by atoms with E-state index >= 15 is 0 Å². The number of alkyl halides is 6. The summed E-state index contributed by atoms with van der Waals surface area (Å²) in [7, 11) is 0. The van der Waals surface area contributed by atoms with Crippen LogP contribution >= 0.6 is 47.6 Å². The van der Waals surface area contributed by atoms with Crippen LogP contribution in [0.2, 0.25) is 10.0 Å². The number of hydrogen-bond donors (Lipinski definition) is 4. The van der Waals surface area contributed by atoms with Crippen molar-refractivity contribution in [2.75, 3.05) is 17.2 Å². The van der Waals surface area contributed by atoms with Crippen LogP contribution < -0.4 is 21.3 Å². The Morgan fingerprint density at radius 2 is 1.24 bits per heavy atom. The van der Waals surface area contributed by atoms with Gasteiger partial charge in [-0.25, -0.2) is 0 Å². The third-order valence-corrected chi connectivity index (χ3v) is 5.13. The van der Waals surface area contributed by atoms with Gasteiger partial charge in [-0.15, -0.1) is 0 Å². The number of benzene rings is 2. The monoisotopic (exact) mass is 548 g/mol. The Labute approximate surface area is 206 Å². The number of halogens is 8. The molecular formula is C19H16Cl2F6N4S2. The molecule has 0 spiro atoms. The molecule has 0 aliphatic carbocycles. The first-order chi connectivity index (χ1) is 15.2. The second kappa shape index (κ2) is 10.9. The molecule has 2 aromatic rings. The summed E-state index contributed by atoms with van der Waals surface area (Å²) in [5, 5.41) is 10.1. The SMILES string of the molecule is C[C@H](CNC(=S)Nc1ccc(Cl)c(C(F)(F)F)c1)NC(=S)Nc1ccc(Cl)c(C(F)(F)F)c1. The zero-order chi connectivity index (χ0) is 25.0. The lowest BCUT2D eigenvalue weighted by Gasteiger charge is -2.20. The summed E-state index contributed by atoms with van der Waals surface area (Å²) in [6.07, 6.45) is -9.23. The van der Waals surface area contributed by atoms with Gasteiger partial charge in [-0.05, 0) is 67.8 Å². The van der Waals surface area contributed by atoms with E-state index in [4.69, 9.17) is 47.6 Å². The van der Waals surface area contributed by atoms with E-state index < -0.39 is 33.5 Å². The molecule has 0 aliphatic rings. The largest absolute Gasteiger partial charge is 0.417 e. The first-order valence-electron chi connectivity index (χ1n) is 9.02. The minimum atomic E-state index is -4.62. The van der Waals surface area contributed by atoms with Gasteiger partial charge in [-0.1, -0.05) is 23.2 Å². The van der Waals surface area contributed by atoms with Crippen molar-refractivity contribution in [1.29, 1.82) is 0 Å². The van der Waals surface area contributed by atoms with Gasteiger partial charge in [-0.3, -0.25) is 0 Å². The molecule has 0 radical (unpaired) electrons. The molecule has 0 saturated heterocycles. The molecule has 0 bridgehead atoms. The van der Waals surface area contributed by atoms with Gasteiger partial charge < -0.3 is 21.3 Å². The van der Waals surface area contributed by atoms with E-state index in [9.17, 15) is 26.3 Å². The van der Waals surface area contributed by atoms with Gasteiger partial charge in [0, 0.05) is 24.0 Å². The molecule has 0 unspecified atom stereocenters. The molecule has 2 rings (SSSR count). The topological polar surface area (TPSA) is 48.1 Å². The van der Waals surface area contributed by atoms with Crippen molar-refractivity contribution in [3.8, 4) is 0 Å². The molecular weight excluding hydrogens is 533 g/mol. The normalized spacial score (nSPS) is 12.6. The van der Waals surface area contributed by atoms with Crippen molar-refractivity contribution in [1.82, 2.24) is 10.6 Å². The van der Waals surface area contributed by atoms with E-state index in [0.29, 0.717) is 0 Å². The third kappa shape index (κ3) is 8.36. The van der Waals surface area contributed by atoms with Crippen LogP contribution in [0.4, 0.5) is 37.7 Å². The molecule has 4 nitrogen and oxygen atoms in total. The zero-order valence-corrected chi connectivity index (χ0v) is 19.7. The maximum Gasteiger partial charge on any atom is 0.417 e. The molecule has 0 saturated carbocycles. The average Bonchev–Trinajstić information content (AvgIpc) is 2.67. The summed E-state index contributed by atoms with van der Waals surface area (Å²) in [6.45, 7) is 1.90. The molecule has 0 aliphatic heterocycles. The molecule has 0 fully saturated rings. The van der Waals surface area contributed by atoms with Crippen molar-refractivity contribution >= 4 is 69.2 Å². The molecule has 0 amide bonds. The van der Waals surface area contributed by atoms with Crippen LogP contribution in [0.3, 0.4) is 0 Å². The summed E-state index contributed by atoms with van der Waals surface area (Å²) in [4.78, 5) is 0. The van der Waals surface area contributed by atoms with Crippen molar-refractivity contribution in [2.45, 2.75) is 25.3 Å². The van der Waals surface area contributed by atoms with Crippen LogP contribution in [0.25, 0.3) is 0 Å². The van der Waals surface area contributed by atoms with Gasteiger partial charge in [0.05, 0.1) is 21.2 Å². The predicted octanol–water partition coefficient (Wildman–Crippen LogP) is 6.69. The van der Waals surface area contributed by atoms with Crippen molar-refractivity contribution in [2.24, 2.45) is 0 Å². The Hall–Kier alpha value is -2.02. The fourth-order valence-electron chi connectivity index (χ4n) is 2.50. The fraction of sp³-hybridized carbons (Fsp3) is 0.263. The van der Waals surface area contributed by atoms with Gasteiger partial charge in [0.1, 0.15) is 0 Å². The van der Waals surface area contributed by atoms with Gasteiger partial charge in [0.15, 0.2) is 10.2 Å². The molecule has 14 heteroatoms. The van der Waals surface area contributed by atoms with Crippen LogP contribution in [-0.4, -0.2) is 22.8 Å². The Bertz CT molecular complexity index is 1030. The van der Waals surface area contributed by atoms with Crippen molar-refractivity contribution in [3.05, 3.63) is 57.6 Å². The van der Waals surface area contributed by atoms with Gasteiger partial charge in [0.2, 0.25) is 0 Å². The molecule has 0 aromatic heterocycles. The Morgan fingerprint density at radius 3 is 1.67 bits per heavy atom. The van der Waals surface area contributed by atoms with Gasteiger partial charge in [-0.2, -0.15) is 26.3 Å². The minimum absolute atomic E-state index is 0.0468. The van der Waals surface area contributed by atoms with Crippen molar-refractivity contribution in [3.63, 3.8) is 0 Å². The van der Waals surface area contributed by atoms with E-state index in [1.165, 1.54) is 12.1 Å². The van der Waals surface area contributed by atoms with E-state index in [2.05, 4.69) is 21.3 Å². The maximum atomic E-state index is 13.0. The summed E-state index contributed by atoms with van der Waals surface area (Å²) in [6, 6.07) is 6.20. The van der Waals surface area contributed by atoms with E-state index in [1.54, 1.807) is 6.92 Å². The lowest BCUT2D eigenvalue weighted by Crippen LogP contribution is -2.44. The average molecular weight is 549 g/mol. The fourth-order valence-corrected chi connectivity index (χ4v) is 3.47. The zero-order valence-electron chi connectivity index (χ0n) is 16.6. The third-order valence-electron chi connectivity index (χ3n) is 4.01. The number of rotatable bonds is 5. The molecule has 2 aromatic carbocycles. The highest BCUT2D eigenvalue weighted by atomic mass is 35.5. The van der Waals surface area contributed by atoms with Crippen LogP contribution in [0.15, 0.2) is 36.4 Å². The van der Waals surface area contributed by atoms with E-state index in [0.717, 1.165) is 24.3 Å². The number of hydrogen-bond acceptors (Lipinski definition) is 2. The lowest BCUT2D eigenvalue weighted by molar-refractivity contribution is -0.138. The molecule has 1 atom stereocenters. The van der Waals surface area contributed by atoms with Crippen LogP contribution in [0, 0.1) is 0 Å². The molecule has 33 heavy (non-hydrogen) atoms. The Morgan fingerprint density at radius 1 is 0.818 bits per heavy atom. The van der Waals surface area contributed by atoms with E-state index in [1.807, 2.05) is 0 Å². The highest BCUT2D eigenvalue weighted by Crippen LogP contribution is 2.37. The molecule has 4 N–H and O–H groups in total. The Balaban J connectivity index is 1.87. The molecule has 180 valence electrons. The number of nitrogens with one attached hydrogen (secondary N) is 4. The summed E-state index contributed by atoms with van der Waals surface area (Å²) in [5.74, 6) is 0. The number of anilines is 2. The summed E-state index contributed by atoms with van der Waals surface area (Å²) >= 11 is 21.3. The second-order valence-electron chi connectivity index (χ2n) is 6.72. The van der Waals surface area contributed by atoms with Crippen LogP contribution in [0.1, 0.15) is 18.1 Å². The first kappa shape index (κ1) is 27.2. The minimum Gasteiger partial charge on any atom is -0.360 e. The smallest absolute Gasteiger partial charge is 0.360 e. The van der Waals surface area contributed by atoms with Gasteiger partial charge in [0.25, 0.3) is 0 Å². The summed E-state index contributed by atoms with van der Waals surface area (Å²) < 4.78 is 77.7. The lowest BCUT2D eigenvalue weighted by atomic mass is 10.2. The molecule has 0 heterocycles. The summed E-state index contributed by atoms with van der Waals surface area (Å²) in [5.41, 5.74) is -1.83. The standard InChI is InChI=1S/C19H16Cl2F6N4S2/c1-9(29-17(33)31-11-3-5-15(21)13(7-11)19(25,26)27)8-28-16(32)30-10-2-4-14(20)12(6-10)18(22,23)24/h2-7,9H,8H2,1H3,(H2,28,30,32)(H2,29,31,33)/t9-/m1/s1. The van der Waals surface area contributed by atoms with Crippen LogP contribution in [0.5, 0.6) is 0 Å². The predicted molar refractivity (Wildman–Crippen MR) is 126 cm³/mol. The second-order valence-corrected chi connectivity index (χ2v) is 8.35. The van der Waals surface area contributed by atoms with E-state index in [-0.39, 0.29) is 34.2 Å².